The summed E-state index contributed by atoms with van der Waals surface area (Å²) in [4.78, 5) is 2.55. The van der Waals surface area contributed by atoms with Crippen molar-refractivity contribution in [1.29, 1.82) is 0 Å². The van der Waals surface area contributed by atoms with Gasteiger partial charge in [-0.2, -0.15) is 0 Å². The maximum atomic E-state index is 5.80. The molecule has 2 N–H and O–H groups in total. The molecule has 1 aliphatic rings. The molecule has 0 unspecified atom stereocenters. The van der Waals surface area contributed by atoms with Crippen LogP contribution in [0.1, 0.15) is 31.7 Å². The molecule has 1 aromatic carbocycles. The van der Waals surface area contributed by atoms with Gasteiger partial charge in [0, 0.05) is 16.7 Å². The van der Waals surface area contributed by atoms with E-state index in [1.807, 2.05) is 6.07 Å². The van der Waals surface area contributed by atoms with Crippen LogP contribution >= 0.6 is 15.9 Å². The van der Waals surface area contributed by atoms with Crippen LogP contribution in [0.4, 0.5) is 5.69 Å². The van der Waals surface area contributed by atoms with Gasteiger partial charge in [-0.15, -0.1) is 0 Å². The van der Waals surface area contributed by atoms with Crippen molar-refractivity contribution >= 4 is 21.6 Å². The monoisotopic (exact) mass is 296 g/mol. The summed E-state index contributed by atoms with van der Waals surface area (Å²) in [5.74, 6) is 0.949. The summed E-state index contributed by atoms with van der Waals surface area (Å²) in [5.41, 5.74) is 7.96. The first kappa shape index (κ1) is 12.9. The molecule has 0 aliphatic carbocycles. The number of nitrogen functional groups attached to an aromatic ring is 1. The van der Waals surface area contributed by atoms with Crippen molar-refractivity contribution in [3.63, 3.8) is 0 Å². The van der Waals surface area contributed by atoms with Crippen molar-refractivity contribution in [1.82, 2.24) is 4.90 Å². The summed E-state index contributed by atoms with van der Waals surface area (Å²) in [5, 5.41) is 0. The van der Waals surface area contributed by atoms with Crippen LogP contribution in [-0.2, 0) is 6.54 Å². The van der Waals surface area contributed by atoms with Gasteiger partial charge in [0.1, 0.15) is 0 Å². The average molecular weight is 297 g/mol. The Balaban J connectivity index is 1.91. The quantitative estimate of drug-likeness (QED) is 0.863. The highest BCUT2D eigenvalue weighted by Gasteiger charge is 2.17. The zero-order valence-electron chi connectivity index (χ0n) is 10.5. The highest BCUT2D eigenvalue weighted by molar-refractivity contribution is 9.10. The number of anilines is 1. The molecule has 1 aliphatic heterocycles. The topological polar surface area (TPSA) is 29.3 Å². The van der Waals surface area contributed by atoms with Crippen LogP contribution in [-0.4, -0.2) is 18.0 Å². The molecule has 94 valence electrons. The lowest BCUT2D eigenvalue weighted by atomic mass is 9.94. The van der Waals surface area contributed by atoms with Crippen LogP contribution in [0.15, 0.2) is 22.7 Å². The van der Waals surface area contributed by atoms with Crippen LogP contribution in [0, 0.1) is 5.92 Å². The third-order valence-corrected chi connectivity index (χ3v) is 4.44. The second kappa shape index (κ2) is 5.87. The van der Waals surface area contributed by atoms with E-state index in [0.29, 0.717) is 0 Å². The first-order valence-electron chi connectivity index (χ1n) is 6.45. The largest absolute Gasteiger partial charge is 0.398 e. The minimum Gasteiger partial charge on any atom is -0.398 e. The molecule has 17 heavy (non-hydrogen) atoms. The normalized spacial score (nSPS) is 18.5. The number of nitrogens with zero attached hydrogens (tertiary/aromatic N) is 1. The molecule has 3 heteroatoms. The van der Waals surface area contributed by atoms with E-state index < -0.39 is 0 Å². The van der Waals surface area contributed by atoms with Crippen molar-refractivity contribution in [2.45, 2.75) is 32.7 Å². The van der Waals surface area contributed by atoms with Gasteiger partial charge >= 0.3 is 0 Å². The molecule has 0 atom stereocenters. The summed E-state index contributed by atoms with van der Waals surface area (Å²) in [6.45, 7) is 5.83. The molecule has 2 nitrogen and oxygen atoms in total. The van der Waals surface area contributed by atoms with E-state index in [4.69, 9.17) is 5.73 Å². The number of hydrogen-bond donors (Lipinski definition) is 1. The van der Waals surface area contributed by atoms with Gasteiger partial charge in [0.25, 0.3) is 0 Å². The average Bonchev–Trinajstić information content (AvgIpc) is 2.35. The molecule has 2 rings (SSSR count). The van der Waals surface area contributed by atoms with Crippen LogP contribution in [0.5, 0.6) is 0 Å². The maximum absolute atomic E-state index is 5.80. The summed E-state index contributed by atoms with van der Waals surface area (Å²) < 4.78 is 1.01. The van der Waals surface area contributed by atoms with Gasteiger partial charge in [0.05, 0.1) is 0 Å². The SMILES string of the molecule is CCC1CCN(Cc2ccc(N)c(Br)c2)CC1. The minimum absolute atomic E-state index is 0.818. The molecule has 0 radical (unpaired) electrons. The Bertz CT molecular complexity index is 370. The molecular weight excluding hydrogens is 276 g/mol. The smallest absolute Gasteiger partial charge is 0.0458 e. The zero-order valence-corrected chi connectivity index (χ0v) is 12.0. The van der Waals surface area contributed by atoms with Crippen molar-refractivity contribution in [2.75, 3.05) is 18.8 Å². The number of piperidine rings is 1. The number of likely N-dealkylation sites (tertiary alicyclic amines) is 1. The minimum atomic E-state index is 0.818. The predicted octanol–water partition coefficient (Wildman–Crippen LogP) is 3.65. The first-order chi connectivity index (χ1) is 8.19. The fourth-order valence-corrected chi connectivity index (χ4v) is 2.91. The van der Waals surface area contributed by atoms with Gasteiger partial charge in [-0.05, 0) is 65.5 Å². The van der Waals surface area contributed by atoms with Gasteiger partial charge in [-0.1, -0.05) is 19.4 Å². The summed E-state index contributed by atoms with van der Waals surface area (Å²) in [6.07, 6.45) is 4.04. The second-order valence-electron chi connectivity index (χ2n) is 4.98. The Morgan fingerprint density at radius 2 is 2.06 bits per heavy atom. The lowest BCUT2D eigenvalue weighted by molar-refractivity contribution is 0.175. The number of nitrogens with two attached hydrogens (primary N) is 1. The third-order valence-electron chi connectivity index (χ3n) is 3.76. The fourth-order valence-electron chi connectivity index (χ4n) is 2.48. The molecule has 0 spiro atoms. The molecule has 0 saturated carbocycles. The van der Waals surface area contributed by atoms with E-state index in [0.717, 1.165) is 22.6 Å². The fraction of sp³-hybridized carbons (Fsp3) is 0.571. The van der Waals surface area contributed by atoms with Gasteiger partial charge in [-0.25, -0.2) is 0 Å². The highest BCUT2D eigenvalue weighted by Crippen LogP contribution is 2.24. The Hall–Kier alpha value is -0.540. The van der Waals surface area contributed by atoms with E-state index in [2.05, 4.69) is 39.9 Å². The predicted molar refractivity (Wildman–Crippen MR) is 76.8 cm³/mol. The highest BCUT2D eigenvalue weighted by atomic mass is 79.9. The van der Waals surface area contributed by atoms with Gasteiger partial charge in [-0.3, -0.25) is 4.90 Å². The number of halogens is 1. The molecule has 1 fully saturated rings. The molecule has 0 amide bonds. The molecule has 0 aromatic heterocycles. The van der Waals surface area contributed by atoms with Crippen molar-refractivity contribution < 1.29 is 0 Å². The molecule has 0 bridgehead atoms. The Morgan fingerprint density at radius 1 is 1.35 bits per heavy atom. The number of hydrogen-bond acceptors (Lipinski definition) is 2. The summed E-state index contributed by atoms with van der Waals surface area (Å²) >= 11 is 3.49. The van der Waals surface area contributed by atoms with Gasteiger partial charge < -0.3 is 5.73 Å². The summed E-state index contributed by atoms with van der Waals surface area (Å²) in [6, 6.07) is 6.26. The van der Waals surface area contributed by atoms with Crippen LogP contribution in [0.25, 0.3) is 0 Å². The maximum Gasteiger partial charge on any atom is 0.0458 e. The molecule has 1 heterocycles. The van der Waals surface area contributed by atoms with E-state index in [-0.39, 0.29) is 0 Å². The van der Waals surface area contributed by atoms with Crippen LogP contribution in [0.2, 0.25) is 0 Å². The Kier molecular flexibility index (Phi) is 4.46. The van der Waals surface area contributed by atoms with Crippen LogP contribution in [0.3, 0.4) is 0 Å². The van der Waals surface area contributed by atoms with E-state index in [9.17, 15) is 0 Å². The third kappa shape index (κ3) is 3.46. The second-order valence-corrected chi connectivity index (χ2v) is 5.84. The van der Waals surface area contributed by atoms with Gasteiger partial charge in [0.2, 0.25) is 0 Å². The summed E-state index contributed by atoms with van der Waals surface area (Å²) in [7, 11) is 0. The first-order valence-corrected chi connectivity index (χ1v) is 7.24. The molecular formula is C14H21BrN2. The standard InChI is InChI=1S/C14H21BrN2/c1-2-11-5-7-17(8-6-11)10-12-3-4-14(16)13(15)9-12/h3-4,9,11H,2,5-8,10,16H2,1H3. The zero-order chi connectivity index (χ0) is 12.3. The van der Waals surface area contributed by atoms with Crippen molar-refractivity contribution in [3.05, 3.63) is 28.2 Å². The lowest BCUT2D eigenvalue weighted by Gasteiger charge is -2.31. The number of rotatable bonds is 3. The van der Waals surface area contributed by atoms with Crippen LogP contribution < -0.4 is 5.73 Å². The van der Waals surface area contributed by atoms with Gasteiger partial charge in [0.15, 0.2) is 0 Å². The van der Waals surface area contributed by atoms with E-state index >= 15 is 0 Å². The molecule has 1 aromatic rings. The van der Waals surface area contributed by atoms with Crippen molar-refractivity contribution in [3.8, 4) is 0 Å². The Morgan fingerprint density at radius 3 is 2.65 bits per heavy atom. The molecule has 1 saturated heterocycles. The number of benzene rings is 1. The Labute approximate surface area is 112 Å². The van der Waals surface area contributed by atoms with E-state index in [1.165, 1.54) is 37.9 Å². The van der Waals surface area contributed by atoms with E-state index in [1.54, 1.807) is 0 Å². The van der Waals surface area contributed by atoms with Crippen molar-refractivity contribution in [2.24, 2.45) is 5.92 Å². The lowest BCUT2D eigenvalue weighted by Crippen LogP contribution is -2.32.